The lowest BCUT2D eigenvalue weighted by atomic mass is 10.9. The third kappa shape index (κ3) is 15.7. The highest BCUT2D eigenvalue weighted by molar-refractivity contribution is 6.62. The third-order valence-corrected chi connectivity index (χ3v) is 0.331. The fourth-order valence-corrected chi connectivity index (χ4v) is 0.167. The average molecular weight is 184 g/mol. The zero-order chi connectivity index (χ0) is 7.11. The van der Waals surface area contributed by atoms with Gasteiger partial charge in [-0.15, -0.1) is 17.5 Å². The lowest BCUT2D eigenvalue weighted by molar-refractivity contribution is -0.109. The van der Waals surface area contributed by atoms with Gasteiger partial charge in [-0.05, 0) is 11.6 Å². The van der Waals surface area contributed by atoms with Crippen molar-refractivity contribution < 1.29 is 4.79 Å². The van der Waals surface area contributed by atoms with Crippen LogP contribution < -0.4 is 0 Å². The van der Waals surface area contributed by atoms with Gasteiger partial charge in [0.2, 0.25) is 5.24 Å². The molecule has 1 rings (SSSR count). The highest BCUT2D eigenvalue weighted by Gasteiger charge is 1.67. The monoisotopic (exact) mass is 183 g/mol. The summed E-state index contributed by atoms with van der Waals surface area (Å²) in [5.41, 5.74) is 0. The molecule has 1 N–H and O–H groups in total. The van der Waals surface area contributed by atoms with Crippen molar-refractivity contribution in [1.82, 2.24) is 15.4 Å². The van der Waals surface area contributed by atoms with Crippen LogP contribution in [0.15, 0.2) is 12.4 Å². The molecule has 0 atom stereocenters. The van der Waals surface area contributed by atoms with E-state index in [4.69, 9.17) is 0 Å². The van der Waals surface area contributed by atoms with Crippen LogP contribution in [-0.4, -0.2) is 20.7 Å². The van der Waals surface area contributed by atoms with E-state index in [0.29, 0.717) is 0 Å². The van der Waals surface area contributed by atoms with Crippen LogP contribution in [0.25, 0.3) is 0 Å². The second kappa shape index (κ2) is 8.39. The standard InChI is InChI=1S/C2H3ClO.C2H3N3.ClH/c1-2(3)4;1-2-4-5-3-1;/h1H3;1-2H,(H,3,4,5);1H. The summed E-state index contributed by atoms with van der Waals surface area (Å²) >= 11 is 4.64. The Morgan fingerprint density at radius 3 is 2.30 bits per heavy atom. The smallest absolute Gasteiger partial charge is 0.218 e. The van der Waals surface area contributed by atoms with Crippen molar-refractivity contribution in [2.24, 2.45) is 0 Å². The summed E-state index contributed by atoms with van der Waals surface area (Å²) < 4.78 is 0. The first kappa shape index (κ1) is 12.1. The Morgan fingerprint density at radius 2 is 2.20 bits per heavy atom. The second-order valence-electron chi connectivity index (χ2n) is 1.13. The first-order valence-corrected chi connectivity index (χ1v) is 2.57. The van der Waals surface area contributed by atoms with Crippen molar-refractivity contribution in [3.8, 4) is 0 Å². The van der Waals surface area contributed by atoms with Crippen molar-refractivity contribution in [3.63, 3.8) is 0 Å². The second-order valence-corrected chi connectivity index (χ2v) is 1.66. The summed E-state index contributed by atoms with van der Waals surface area (Å²) in [7, 11) is 0. The van der Waals surface area contributed by atoms with Crippen LogP contribution in [0, 0.1) is 0 Å². The number of rotatable bonds is 0. The minimum Gasteiger partial charge on any atom is -0.282 e. The van der Waals surface area contributed by atoms with Gasteiger partial charge >= 0.3 is 0 Å². The Morgan fingerprint density at radius 1 is 1.70 bits per heavy atom. The number of nitrogens with one attached hydrogen (secondary N) is 1. The van der Waals surface area contributed by atoms with Gasteiger partial charge in [0.15, 0.2) is 0 Å². The number of hydrogen-bond acceptors (Lipinski definition) is 3. The normalized spacial score (nSPS) is 6.60. The van der Waals surface area contributed by atoms with Gasteiger partial charge in [0.25, 0.3) is 0 Å². The Hall–Kier alpha value is -0.610. The van der Waals surface area contributed by atoms with E-state index in [-0.39, 0.29) is 17.6 Å². The Kier molecular flexibility index (Phi) is 10.2. The van der Waals surface area contributed by atoms with Gasteiger partial charge in [0.05, 0.1) is 6.20 Å². The summed E-state index contributed by atoms with van der Waals surface area (Å²) in [6, 6.07) is 0. The van der Waals surface area contributed by atoms with Gasteiger partial charge in [-0.25, -0.2) is 0 Å². The number of aromatic nitrogens is 3. The van der Waals surface area contributed by atoms with Gasteiger partial charge in [-0.2, -0.15) is 0 Å². The molecule has 1 heterocycles. The van der Waals surface area contributed by atoms with E-state index < -0.39 is 0 Å². The Labute approximate surface area is 69.4 Å². The van der Waals surface area contributed by atoms with Crippen LogP contribution in [-0.2, 0) is 4.79 Å². The molecule has 6 heteroatoms. The molecule has 0 saturated heterocycles. The van der Waals surface area contributed by atoms with Gasteiger partial charge in [0.1, 0.15) is 0 Å². The molecule has 58 valence electrons. The highest BCUT2D eigenvalue weighted by Crippen LogP contribution is 1.67. The maximum Gasteiger partial charge on any atom is 0.218 e. The fourth-order valence-electron chi connectivity index (χ4n) is 0.167. The molecule has 0 unspecified atom stereocenters. The highest BCUT2D eigenvalue weighted by atomic mass is 35.5. The maximum absolute atomic E-state index is 9.21. The van der Waals surface area contributed by atoms with Crippen molar-refractivity contribution in [1.29, 1.82) is 0 Å². The third-order valence-electron chi connectivity index (χ3n) is 0.331. The van der Waals surface area contributed by atoms with Crippen LogP contribution in [0.4, 0.5) is 0 Å². The van der Waals surface area contributed by atoms with Crippen molar-refractivity contribution in [2.45, 2.75) is 6.92 Å². The molecule has 0 aliphatic heterocycles. The Bertz CT molecular complexity index is 132. The average Bonchev–Trinajstić information content (AvgIpc) is 2.11. The topological polar surface area (TPSA) is 58.6 Å². The molecule has 0 radical (unpaired) electrons. The number of carbonyl (C=O) groups excluding carboxylic acids is 1. The number of nitrogens with zero attached hydrogens (tertiary/aromatic N) is 2. The van der Waals surface area contributed by atoms with Gasteiger partial charge in [0, 0.05) is 13.1 Å². The van der Waals surface area contributed by atoms with Crippen LogP contribution >= 0.6 is 24.0 Å². The van der Waals surface area contributed by atoms with E-state index in [1.54, 1.807) is 12.4 Å². The summed E-state index contributed by atoms with van der Waals surface area (Å²) in [5, 5.41) is 8.90. The predicted molar refractivity (Wildman–Crippen MR) is 40.2 cm³/mol. The van der Waals surface area contributed by atoms with E-state index in [1.165, 1.54) is 6.92 Å². The quantitative estimate of drug-likeness (QED) is 0.611. The largest absolute Gasteiger partial charge is 0.282 e. The summed E-state index contributed by atoms with van der Waals surface area (Å²) in [4.78, 5) is 9.21. The van der Waals surface area contributed by atoms with E-state index in [1.807, 2.05) is 0 Å². The van der Waals surface area contributed by atoms with Gasteiger partial charge in [-0.1, -0.05) is 5.21 Å². The fraction of sp³-hybridized carbons (Fsp3) is 0.250. The van der Waals surface area contributed by atoms with Crippen LogP contribution in [0.2, 0.25) is 0 Å². The van der Waals surface area contributed by atoms with E-state index in [0.717, 1.165) is 0 Å². The molecular formula is C4H7Cl2N3O. The summed E-state index contributed by atoms with van der Waals surface area (Å²) in [5.74, 6) is 0. The number of halogens is 2. The van der Waals surface area contributed by atoms with Gasteiger partial charge in [-0.3, -0.25) is 9.89 Å². The van der Waals surface area contributed by atoms with Crippen LogP contribution in [0.5, 0.6) is 0 Å². The number of hydrogen-bond donors (Lipinski definition) is 1. The molecule has 0 fully saturated rings. The maximum atomic E-state index is 9.21. The molecule has 0 aliphatic rings. The lowest BCUT2D eigenvalue weighted by Crippen LogP contribution is -1.62. The van der Waals surface area contributed by atoms with Crippen molar-refractivity contribution in [2.75, 3.05) is 0 Å². The number of aromatic amines is 1. The minimum absolute atomic E-state index is 0. The van der Waals surface area contributed by atoms with E-state index in [9.17, 15) is 4.79 Å². The van der Waals surface area contributed by atoms with Crippen LogP contribution in [0.1, 0.15) is 6.92 Å². The molecule has 1 aromatic heterocycles. The number of carbonyl (C=O) groups is 1. The van der Waals surface area contributed by atoms with Gasteiger partial charge < -0.3 is 0 Å². The molecule has 1 aromatic rings. The predicted octanol–water partition coefficient (Wildman–Crippen LogP) is 0.998. The summed E-state index contributed by atoms with van der Waals surface area (Å²) in [6.07, 6.45) is 3.24. The zero-order valence-corrected chi connectivity index (χ0v) is 6.82. The molecule has 10 heavy (non-hydrogen) atoms. The lowest BCUT2D eigenvalue weighted by Gasteiger charge is -1.52. The SMILES string of the molecule is CC(=O)Cl.Cl.c1c[nH]nn1. The van der Waals surface area contributed by atoms with E-state index in [2.05, 4.69) is 27.0 Å². The minimum atomic E-state index is -0.361. The van der Waals surface area contributed by atoms with Crippen molar-refractivity contribution in [3.05, 3.63) is 12.4 Å². The Balaban J connectivity index is 0. The molecule has 0 amide bonds. The molecule has 0 aliphatic carbocycles. The van der Waals surface area contributed by atoms with Crippen molar-refractivity contribution >= 4 is 29.3 Å². The molecule has 4 nitrogen and oxygen atoms in total. The molecular weight excluding hydrogens is 177 g/mol. The zero-order valence-electron chi connectivity index (χ0n) is 5.24. The summed E-state index contributed by atoms with van der Waals surface area (Å²) in [6.45, 7) is 1.29. The van der Waals surface area contributed by atoms with Crippen LogP contribution in [0.3, 0.4) is 0 Å². The molecule has 0 saturated carbocycles. The molecule has 0 bridgehead atoms. The molecule has 0 aromatic carbocycles. The number of H-pyrrole nitrogens is 1. The molecule has 0 spiro atoms. The first-order valence-electron chi connectivity index (χ1n) is 2.20. The first-order chi connectivity index (χ1) is 4.23. The van der Waals surface area contributed by atoms with E-state index >= 15 is 0 Å².